The molecule has 3 aromatic rings. The second kappa shape index (κ2) is 10.8. The molecular weight excluding hydrogens is 520 g/mol. The molecule has 1 aromatic heterocycles. The van der Waals surface area contributed by atoms with E-state index < -0.39 is 41.4 Å². The highest BCUT2D eigenvalue weighted by atomic mass is 19.4. The minimum absolute atomic E-state index is 0.00798. The summed E-state index contributed by atoms with van der Waals surface area (Å²) in [6.07, 6.45) is -5.96. The number of aromatic nitrogens is 2. The first kappa shape index (κ1) is 27.0. The Labute approximate surface area is 212 Å². The number of benzene rings is 2. The lowest BCUT2D eigenvalue weighted by Gasteiger charge is -2.17. The maximum atomic E-state index is 13.7. The number of rotatable bonds is 7. The monoisotopic (exact) mass is 541 g/mol. The SMILES string of the molecule is O=C(O)N1CCCC1c1nc(-c2ccc(OCCC=Cc3ccc(C(F)(F)F)cc3)c(C(F)(F)F)c2)no1. The van der Waals surface area contributed by atoms with E-state index in [0.717, 1.165) is 29.2 Å². The normalized spacial score (nSPS) is 16.4. The third-order valence-electron chi connectivity index (χ3n) is 5.86. The van der Waals surface area contributed by atoms with Crippen molar-refractivity contribution in [2.24, 2.45) is 0 Å². The van der Waals surface area contributed by atoms with Crippen molar-refractivity contribution in [3.05, 3.63) is 71.1 Å². The van der Waals surface area contributed by atoms with E-state index in [1.165, 1.54) is 18.2 Å². The lowest BCUT2D eigenvalue weighted by Crippen LogP contribution is -2.28. The van der Waals surface area contributed by atoms with Crippen molar-refractivity contribution in [1.29, 1.82) is 0 Å². The van der Waals surface area contributed by atoms with Gasteiger partial charge in [-0.2, -0.15) is 31.3 Å². The molecule has 0 radical (unpaired) electrons. The summed E-state index contributed by atoms with van der Waals surface area (Å²) in [4.78, 5) is 16.6. The third kappa shape index (κ3) is 6.26. The Morgan fingerprint density at radius 3 is 2.50 bits per heavy atom. The zero-order chi connectivity index (χ0) is 27.5. The van der Waals surface area contributed by atoms with Gasteiger partial charge in [-0.3, -0.25) is 4.90 Å². The van der Waals surface area contributed by atoms with Crippen molar-refractivity contribution in [3.63, 3.8) is 0 Å². The molecule has 1 amide bonds. The first-order chi connectivity index (χ1) is 17.9. The Hall–Kier alpha value is -4.03. The average molecular weight is 541 g/mol. The number of amides is 1. The number of nitrogens with zero attached hydrogens (tertiary/aromatic N) is 3. The zero-order valence-electron chi connectivity index (χ0n) is 19.6. The van der Waals surface area contributed by atoms with E-state index in [9.17, 15) is 36.2 Å². The van der Waals surface area contributed by atoms with Gasteiger partial charge in [0.15, 0.2) is 0 Å². The van der Waals surface area contributed by atoms with Gasteiger partial charge in [-0.25, -0.2) is 4.79 Å². The van der Waals surface area contributed by atoms with E-state index in [1.807, 2.05) is 0 Å². The minimum atomic E-state index is -4.75. The summed E-state index contributed by atoms with van der Waals surface area (Å²) in [6, 6.07) is 7.09. The highest BCUT2D eigenvalue weighted by molar-refractivity contribution is 5.66. The fourth-order valence-corrected chi connectivity index (χ4v) is 4.00. The molecular formula is C25H21F6N3O4. The number of hydrogen-bond acceptors (Lipinski definition) is 5. The molecule has 0 saturated carbocycles. The van der Waals surface area contributed by atoms with E-state index in [0.29, 0.717) is 24.9 Å². The van der Waals surface area contributed by atoms with Gasteiger partial charge in [0.05, 0.1) is 17.7 Å². The van der Waals surface area contributed by atoms with Gasteiger partial charge >= 0.3 is 18.4 Å². The van der Waals surface area contributed by atoms with Crippen molar-refractivity contribution < 1.29 is 45.5 Å². The van der Waals surface area contributed by atoms with Gasteiger partial charge in [0, 0.05) is 12.1 Å². The van der Waals surface area contributed by atoms with Crippen LogP contribution in [0, 0.1) is 0 Å². The average Bonchev–Trinajstić information content (AvgIpc) is 3.53. The van der Waals surface area contributed by atoms with Crippen LogP contribution in [0.15, 0.2) is 53.1 Å². The molecule has 0 aliphatic carbocycles. The van der Waals surface area contributed by atoms with Crippen LogP contribution in [0.25, 0.3) is 17.5 Å². The highest BCUT2D eigenvalue weighted by Crippen LogP contribution is 2.39. The van der Waals surface area contributed by atoms with E-state index in [-0.39, 0.29) is 30.3 Å². The van der Waals surface area contributed by atoms with Gasteiger partial charge in [-0.1, -0.05) is 29.4 Å². The van der Waals surface area contributed by atoms with E-state index in [1.54, 1.807) is 12.2 Å². The van der Waals surface area contributed by atoms with Crippen molar-refractivity contribution >= 4 is 12.2 Å². The fourth-order valence-electron chi connectivity index (χ4n) is 4.00. The van der Waals surface area contributed by atoms with Gasteiger partial charge in [0.1, 0.15) is 11.8 Å². The van der Waals surface area contributed by atoms with Crippen LogP contribution in [0.3, 0.4) is 0 Å². The minimum Gasteiger partial charge on any atom is -0.493 e. The van der Waals surface area contributed by atoms with E-state index >= 15 is 0 Å². The molecule has 2 aromatic carbocycles. The van der Waals surface area contributed by atoms with Gasteiger partial charge in [-0.15, -0.1) is 0 Å². The lowest BCUT2D eigenvalue weighted by atomic mass is 10.1. The number of alkyl halides is 6. The van der Waals surface area contributed by atoms with Crippen molar-refractivity contribution in [2.45, 2.75) is 37.7 Å². The van der Waals surface area contributed by atoms with Crippen LogP contribution in [0.4, 0.5) is 31.1 Å². The Kier molecular flexibility index (Phi) is 7.65. The molecule has 38 heavy (non-hydrogen) atoms. The van der Waals surface area contributed by atoms with Gasteiger partial charge in [0.2, 0.25) is 11.7 Å². The summed E-state index contributed by atoms with van der Waals surface area (Å²) in [6.45, 7) is 0.181. The van der Waals surface area contributed by atoms with E-state index in [4.69, 9.17) is 9.26 Å². The number of ether oxygens (including phenoxy) is 1. The molecule has 1 atom stereocenters. The van der Waals surface area contributed by atoms with Crippen LogP contribution < -0.4 is 4.74 Å². The maximum Gasteiger partial charge on any atom is 0.419 e. The number of hydrogen-bond donors (Lipinski definition) is 1. The van der Waals surface area contributed by atoms with Crippen LogP contribution in [-0.4, -0.2) is 39.4 Å². The first-order valence-electron chi connectivity index (χ1n) is 11.4. The number of halogens is 6. The first-order valence-corrected chi connectivity index (χ1v) is 11.4. The standard InChI is InChI=1S/C25H21F6N3O4/c26-24(27,28)17-9-6-15(7-10-17)4-1-2-13-37-20-11-8-16(14-18(20)25(29,30)31)21-32-22(38-33-21)19-5-3-12-34(19)23(35)36/h1,4,6-11,14,19H,2-3,5,12-13H2,(H,35,36). The summed E-state index contributed by atoms with van der Waals surface area (Å²) in [5.74, 6) is -0.525. The molecule has 0 bridgehead atoms. The predicted octanol–water partition coefficient (Wildman–Crippen LogP) is 7.07. The quantitative estimate of drug-likeness (QED) is 0.254. The molecule has 1 aliphatic rings. The van der Waals surface area contributed by atoms with Crippen LogP contribution >= 0.6 is 0 Å². The smallest absolute Gasteiger partial charge is 0.419 e. The van der Waals surface area contributed by atoms with Gasteiger partial charge < -0.3 is 14.4 Å². The van der Waals surface area contributed by atoms with Crippen LogP contribution in [0.5, 0.6) is 5.75 Å². The molecule has 1 fully saturated rings. The number of likely N-dealkylation sites (tertiary alicyclic amines) is 1. The molecule has 1 aliphatic heterocycles. The Balaban J connectivity index is 1.42. The second-order valence-corrected chi connectivity index (χ2v) is 8.46. The fraction of sp³-hybridized carbons (Fsp3) is 0.320. The van der Waals surface area contributed by atoms with E-state index in [2.05, 4.69) is 10.1 Å². The largest absolute Gasteiger partial charge is 0.493 e. The Morgan fingerprint density at radius 2 is 1.84 bits per heavy atom. The lowest BCUT2D eigenvalue weighted by molar-refractivity contribution is -0.139. The predicted molar refractivity (Wildman–Crippen MR) is 122 cm³/mol. The molecule has 13 heteroatoms. The molecule has 202 valence electrons. The highest BCUT2D eigenvalue weighted by Gasteiger charge is 2.36. The molecule has 2 heterocycles. The maximum absolute atomic E-state index is 13.7. The van der Waals surface area contributed by atoms with Crippen LogP contribution in [0.1, 0.15) is 47.9 Å². The van der Waals surface area contributed by atoms with Crippen molar-refractivity contribution in [1.82, 2.24) is 15.0 Å². The summed E-state index contributed by atoms with van der Waals surface area (Å²) < 4.78 is 89.6. The number of carboxylic acid groups (broad SMARTS) is 1. The van der Waals surface area contributed by atoms with Gasteiger partial charge in [-0.05, 0) is 55.2 Å². The van der Waals surface area contributed by atoms with Gasteiger partial charge in [0.25, 0.3) is 0 Å². The molecule has 7 nitrogen and oxygen atoms in total. The summed E-state index contributed by atoms with van der Waals surface area (Å²) in [5, 5.41) is 13.0. The molecule has 4 rings (SSSR count). The topological polar surface area (TPSA) is 88.7 Å². The summed E-state index contributed by atoms with van der Waals surface area (Å²) in [7, 11) is 0. The second-order valence-electron chi connectivity index (χ2n) is 8.46. The summed E-state index contributed by atoms with van der Waals surface area (Å²) >= 11 is 0. The zero-order valence-corrected chi connectivity index (χ0v) is 19.6. The summed E-state index contributed by atoms with van der Waals surface area (Å²) in [5.41, 5.74) is -1.32. The third-order valence-corrected chi connectivity index (χ3v) is 5.86. The molecule has 1 saturated heterocycles. The van der Waals surface area contributed by atoms with Crippen LogP contribution in [0.2, 0.25) is 0 Å². The van der Waals surface area contributed by atoms with Crippen molar-refractivity contribution in [3.8, 4) is 17.1 Å². The molecule has 1 unspecified atom stereocenters. The van der Waals surface area contributed by atoms with Crippen LogP contribution in [-0.2, 0) is 12.4 Å². The number of carbonyl (C=O) groups is 1. The Bertz CT molecular complexity index is 1300. The van der Waals surface area contributed by atoms with Crippen molar-refractivity contribution in [2.75, 3.05) is 13.2 Å². The Morgan fingerprint density at radius 1 is 1.11 bits per heavy atom. The molecule has 0 spiro atoms. The molecule has 1 N–H and O–H groups in total.